The lowest BCUT2D eigenvalue weighted by atomic mass is 10.1. The van der Waals surface area contributed by atoms with Crippen LogP contribution in [0, 0.1) is 0 Å². The number of ether oxygens (including phenoxy) is 1. The normalized spacial score (nSPS) is 13.3. The third-order valence-electron chi connectivity index (χ3n) is 2.58. The van der Waals surface area contributed by atoms with Gasteiger partial charge in [0.25, 0.3) is 0 Å². The Morgan fingerprint density at radius 1 is 1.50 bits per heavy atom. The summed E-state index contributed by atoms with van der Waals surface area (Å²) in [5.41, 5.74) is 1.24. The monoisotopic (exact) mass is 225 g/mol. The third kappa shape index (κ3) is 3.94. The zero-order valence-corrected chi connectivity index (χ0v) is 10.7. The number of nitrogens with one attached hydrogen (secondary N) is 1. The lowest BCUT2D eigenvalue weighted by molar-refractivity contribution is 0.0709. The first-order valence-corrected chi connectivity index (χ1v) is 5.98. The Kier molecular flexibility index (Phi) is 5.49. The molecule has 4 heteroatoms. The molecule has 92 valence electrons. The van der Waals surface area contributed by atoms with Gasteiger partial charge in [-0.05, 0) is 27.3 Å². The Bertz CT molecular complexity index is 292. The van der Waals surface area contributed by atoms with Crippen molar-refractivity contribution in [3.05, 3.63) is 18.0 Å². The summed E-state index contributed by atoms with van der Waals surface area (Å²) in [6.45, 7) is 7.79. The fourth-order valence-electron chi connectivity index (χ4n) is 1.67. The molecule has 1 heterocycles. The molecule has 1 atom stereocenters. The van der Waals surface area contributed by atoms with E-state index in [2.05, 4.69) is 23.5 Å². The second-order valence-electron chi connectivity index (χ2n) is 4.21. The van der Waals surface area contributed by atoms with E-state index < -0.39 is 0 Å². The van der Waals surface area contributed by atoms with Crippen LogP contribution in [0.5, 0.6) is 0 Å². The predicted octanol–water partition coefficient (Wildman–Crippen LogP) is 1.98. The Balaban J connectivity index is 2.44. The molecule has 0 spiro atoms. The van der Waals surface area contributed by atoms with Crippen molar-refractivity contribution in [2.45, 2.75) is 45.9 Å². The molecule has 0 aliphatic heterocycles. The van der Waals surface area contributed by atoms with Gasteiger partial charge < -0.3 is 10.1 Å². The number of aromatic nitrogens is 2. The summed E-state index contributed by atoms with van der Waals surface area (Å²) < 4.78 is 7.43. The molecular weight excluding hydrogens is 202 g/mol. The van der Waals surface area contributed by atoms with E-state index in [0.29, 0.717) is 6.04 Å². The molecule has 0 fully saturated rings. The van der Waals surface area contributed by atoms with Crippen molar-refractivity contribution in [3.8, 4) is 0 Å². The summed E-state index contributed by atoms with van der Waals surface area (Å²) in [5.74, 6) is 0. The van der Waals surface area contributed by atoms with Gasteiger partial charge in [-0.25, -0.2) is 0 Å². The van der Waals surface area contributed by atoms with Crippen molar-refractivity contribution in [2.24, 2.45) is 0 Å². The number of nitrogens with zero attached hydrogens (tertiary/aromatic N) is 2. The molecule has 0 aliphatic carbocycles. The maximum Gasteiger partial charge on any atom is 0.0666 e. The van der Waals surface area contributed by atoms with Crippen molar-refractivity contribution in [1.82, 2.24) is 15.1 Å². The van der Waals surface area contributed by atoms with E-state index in [1.54, 1.807) is 0 Å². The van der Waals surface area contributed by atoms with Crippen LogP contribution in [0.1, 0.15) is 38.8 Å². The van der Waals surface area contributed by atoms with Crippen molar-refractivity contribution < 1.29 is 4.74 Å². The standard InChI is InChI=1S/C12H23N3O/c1-5-12(13-4)11-8-14-15(9-11)6-7-16-10(2)3/h8-10,12-13H,5-7H2,1-4H3. The molecule has 0 bridgehead atoms. The van der Waals surface area contributed by atoms with Gasteiger partial charge in [-0.1, -0.05) is 6.92 Å². The summed E-state index contributed by atoms with van der Waals surface area (Å²) in [5, 5.41) is 7.60. The van der Waals surface area contributed by atoms with E-state index in [0.717, 1.165) is 19.6 Å². The van der Waals surface area contributed by atoms with Gasteiger partial charge in [0.1, 0.15) is 0 Å². The molecule has 0 aliphatic rings. The molecule has 0 saturated carbocycles. The Morgan fingerprint density at radius 2 is 2.25 bits per heavy atom. The Hall–Kier alpha value is -0.870. The number of hydrogen-bond donors (Lipinski definition) is 1. The lowest BCUT2D eigenvalue weighted by Gasteiger charge is -2.10. The quantitative estimate of drug-likeness (QED) is 0.771. The molecular formula is C12H23N3O. The molecule has 1 aromatic heterocycles. The molecule has 0 aromatic carbocycles. The van der Waals surface area contributed by atoms with Crippen molar-refractivity contribution in [3.63, 3.8) is 0 Å². The summed E-state index contributed by atoms with van der Waals surface area (Å²) in [6, 6.07) is 0.403. The van der Waals surface area contributed by atoms with Crippen LogP contribution < -0.4 is 5.32 Å². The Morgan fingerprint density at radius 3 is 2.81 bits per heavy atom. The fourth-order valence-corrected chi connectivity index (χ4v) is 1.67. The van der Waals surface area contributed by atoms with E-state index in [4.69, 9.17) is 4.74 Å². The molecule has 4 nitrogen and oxygen atoms in total. The van der Waals surface area contributed by atoms with E-state index >= 15 is 0 Å². The highest BCUT2D eigenvalue weighted by atomic mass is 16.5. The van der Waals surface area contributed by atoms with Gasteiger partial charge in [0.2, 0.25) is 0 Å². The topological polar surface area (TPSA) is 39.1 Å². The average molecular weight is 225 g/mol. The number of hydrogen-bond acceptors (Lipinski definition) is 3. The highest BCUT2D eigenvalue weighted by Gasteiger charge is 2.08. The summed E-state index contributed by atoms with van der Waals surface area (Å²) in [4.78, 5) is 0. The van der Waals surface area contributed by atoms with Gasteiger partial charge >= 0.3 is 0 Å². The van der Waals surface area contributed by atoms with Crippen molar-refractivity contribution in [1.29, 1.82) is 0 Å². The summed E-state index contributed by atoms with van der Waals surface area (Å²) in [6.07, 6.45) is 5.38. The first-order valence-electron chi connectivity index (χ1n) is 5.98. The van der Waals surface area contributed by atoms with E-state index in [-0.39, 0.29) is 6.10 Å². The van der Waals surface area contributed by atoms with Crippen LogP contribution in [0.4, 0.5) is 0 Å². The van der Waals surface area contributed by atoms with Gasteiger partial charge in [0, 0.05) is 17.8 Å². The van der Waals surface area contributed by atoms with E-state index in [9.17, 15) is 0 Å². The summed E-state index contributed by atoms with van der Waals surface area (Å²) in [7, 11) is 1.98. The average Bonchev–Trinajstić information content (AvgIpc) is 2.68. The van der Waals surface area contributed by atoms with Crippen molar-refractivity contribution in [2.75, 3.05) is 13.7 Å². The van der Waals surface area contributed by atoms with Crippen LogP contribution in [0.3, 0.4) is 0 Å². The van der Waals surface area contributed by atoms with Gasteiger partial charge in [-0.3, -0.25) is 4.68 Å². The van der Waals surface area contributed by atoms with Crippen LogP contribution in [0.15, 0.2) is 12.4 Å². The molecule has 1 N–H and O–H groups in total. The molecule has 1 unspecified atom stereocenters. The van der Waals surface area contributed by atoms with E-state index in [1.807, 2.05) is 31.8 Å². The molecule has 1 aromatic rings. The van der Waals surface area contributed by atoms with Crippen LogP contribution in [0.25, 0.3) is 0 Å². The second kappa shape index (κ2) is 6.66. The second-order valence-corrected chi connectivity index (χ2v) is 4.21. The minimum atomic E-state index is 0.288. The first kappa shape index (κ1) is 13.2. The Labute approximate surface area is 98.0 Å². The lowest BCUT2D eigenvalue weighted by Crippen LogP contribution is -2.14. The maximum atomic E-state index is 5.49. The van der Waals surface area contributed by atoms with Crippen LogP contribution in [-0.4, -0.2) is 29.5 Å². The summed E-state index contributed by atoms with van der Waals surface area (Å²) >= 11 is 0. The third-order valence-corrected chi connectivity index (χ3v) is 2.58. The molecule has 1 rings (SSSR count). The molecule has 0 radical (unpaired) electrons. The molecule has 16 heavy (non-hydrogen) atoms. The molecule has 0 saturated heterocycles. The highest BCUT2D eigenvalue weighted by Crippen LogP contribution is 2.14. The van der Waals surface area contributed by atoms with Gasteiger partial charge in [0.15, 0.2) is 0 Å². The zero-order chi connectivity index (χ0) is 12.0. The van der Waals surface area contributed by atoms with Gasteiger partial charge in [0.05, 0.1) is 25.5 Å². The van der Waals surface area contributed by atoms with Crippen LogP contribution in [0.2, 0.25) is 0 Å². The number of rotatable bonds is 7. The maximum absolute atomic E-state index is 5.49. The smallest absolute Gasteiger partial charge is 0.0666 e. The van der Waals surface area contributed by atoms with Gasteiger partial charge in [-0.15, -0.1) is 0 Å². The van der Waals surface area contributed by atoms with Crippen LogP contribution >= 0.6 is 0 Å². The zero-order valence-electron chi connectivity index (χ0n) is 10.7. The van der Waals surface area contributed by atoms with Gasteiger partial charge in [-0.2, -0.15) is 5.10 Å². The first-order chi connectivity index (χ1) is 7.67. The largest absolute Gasteiger partial charge is 0.377 e. The fraction of sp³-hybridized carbons (Fsp3) is 0.750. The van der Waals surface area contributed by atoms with E-state index in [1.165, 1.54) is 5.56 Å². The minimum Gasteiger partial charge on any atom is -0.377 e. The minimum absolute atomic E-state index is 0.288. The highest BCUT2D eigenvalue weighted by molar-refractivity contribution is 5.09. The van der Waals surface area contributed by atoms with Crippen molar-refractivity contribution >= 4 is 0 Å². The SMILES string of the molecule is CCC(NC)c1cnn(CCOC(C)C)c1. The molecule has 0 amide bonds. The predicted molar refractivity (Wildman–Crippen MR) is 65.4 cm³/mol. The van der Waals surface area contributed by atoms with Crippen LogP contribution in [-0.2, 0) is 11.3 Å².